The van der Waals surface area contributed by atoms with Crippen LogP contribution in [0.25, 0.3) is 0 Å². The van der Waals surface area contributed by atoms with Crippen molar-refractivity contribution >= 4 is 15.9 Å². The van der Waals surface area contributed by atoms with E-state index in [9.17, 15) is 22.0 Å². The largest absolute Gasteiger partial charge is 0.375 e. The number of amides is 1. The Labute approximate surface area is 176 Å². The Kier molecular flexibility index (Phi) is 6.14. The van der Waals surface area contributed by atoms with Crippen molar-refractivity contribution in [3.63, 3.8) is 0 Å². The van der Waals surface area contributed by atoms with Crippen molar-refractivity contribution in [3.05, 3.63) is 29.8 Å². The maximum Gasteiger partial charge on any atom is 0.245 e. The smallest absolute Gasteiger partial charge is 0.245 e. The molecule has 0 aliphatic carbocycles. The molecule has 0 aromatic heterocycles. The molecule has 1 spiro atoms. The fraction of sp³-hybridized carbons (Fsp3) is 0.667. The summed E-state index contributed by atoms with van der Waals surface area (Å²) >= 11 is 0. The molecule has 6 nitrogen and oxygen atoms in total. The van der Waals surface area contributed by atoms with E-state index in [1.807, 2.05) is 4.90 Å². The van der Waals surface area contributed by atoms with Crippen LogP contribution < -0.4 is 0 Å². The second-order valence-corrected chi connectivity index (χ2v) is 10.5. The van der Waals surface area contributed by atoms with E-state index in [2.05, 4.69) is 0 Å². The second kappa shape index (κ2) is 8.51. The van der Waals surface area contributed by atoms with Gasteiger partial charge in [-0.1, -0.05) is 0 Å². The number of benzene rings is 1. The predicted octanol–water partition coefficient (Wildman–Crippen LogP) is 2.93. The summed E-state index contributed by atoms with van der Waals surface area (Å²) in [7, 11) is -4.05. The second-order valence-electron chi connectivity index (χ2n) is 8.57. The highest BCUT2D eigenvalue weighted by atomic mass is 32.2. The number of ether oxygens (including phenoxy) is 1. The zero-order chi connectivity index (χ0) is 21.4. The van der Waals surface area contributed by atoms with Crippen molar-refractivity contribution in [2.75, 3.05) is 32.8 Å². The average molecular weight is 443 g/mol. The molecule has 3 heterocycles. The number of carbonyl (C=O) groups excluding carboxylic acids is 1. The zero-order valence-electron chi connectivity index (χ0n) is 17.0. The molecule has 0 radical (unpaired) electrons. The predicted molar refractivity (Wildman–Crippen MR) is 106 cm³/mol. The first-order valence-corrected chi connectivity index (χ1v) is 12.1. The molecule has 3 aliphatic heterocycles. The van der Waals surface area contributed by atoms with E-state index >= 15 is 0 Å². The average Bonchev–Trinajstić information content (AvgIpc) is 2.74. The number of piperidine rings is 2. The number of hydrogen-bond acceptors (Lipinski definition) is 4. The number of likely N-dealkylation sites (tertiary alicyclic amines) is 1. The molecule has 0 bridgehead atoms. The lowest BCUT2D eigenvalue weighted by Crippen LogP contribution is -2.51. The highest BCUT2D eigenvalue weighted by Gasteiger charge is 2.40. The maximum atomic E-state index is 14.0. The van der Waals surface area contributed by atoms with Crippen LogP contribution in [0.3, 0.4) is 0 Å². The van der Waals surface area contributed by atoms with Gasteiger partial charge in [0.1, 0.15) is 16.5 Å². The lowest BCUT2D eigenvalue weighted by molar-refractivity contribution is -0.147. The summed E-state index contributed by atoms with van der Waals surface area (Å²) in [6.07, 6.45) is 5.86. The van der Waals surface area contributed by atoms with E-state index in [0.717, 1.165) is 44.4 Å². The molecule has 0 saturated carbocycles. The SMILES string of the molecule is O=C(C1CCN(S(=O)(=O)c2ccc(F)cc2F)CC1)N1CCC2(CCCCO2)CC1. The van der Waals surface area contributed by atoms with Gasteiger partial charge in [0.25, 0.3) is 0 Å². The highest BCUT2D eigenvalue weighted by Crippen LogP contribution is 2.36. The molecule has 4 rings (SSSR count). The zero-order valence-corrected chi connectivity index (χ0v) is 17.8. The fourth-order valence-corrected chi connectivity index (χ4v) is 6.38. The van der Waals surface area contributed by atoms with Crippen molar-refractivity contribution in [1.82, 2.24) is 9.21 Å². The Bertz CT molecular complexity index is 884. The van der Waals surface area contributed by atoms with Gasteiger partial charge in [-0.05, 0) is 57.1 Å². The molecule has 3 aliphatic rings. The molecule has 30 heavy (non-hydrogen) atoms. The van der Waals surface area contributed by atoms with Gasteiger partial charge in [0.15, 0.2) is 0 Å². The Morgan fingerprint density at radius 2 is 1.73 bits per heavy atom. The first-order chi connectivity index (χ1) is 14.3. The number of sulfonamides is 1. The number of halogens is 2. The van der Waals surface area contributed by atoms with Crippen LogP contribution in [0.2, 0.25) is 0 Å². The van der Waals surface area contributed by atoms with E-state index in [-0.39, 0.29) is 30.5 Å². The Hall–Kier alpha value is -1.58. The lowest BCUT2D eigenvalue weighted by atomic mass is 9.84. The summed E-state index contributed by atoms with van der Waals surface area (Å²) in [6.45, 7) is 2.46. The third-order valence-electron chi connectivity index (χ3n) is 6.74. The van der Waals surface area contributed by atoms with Gasteiger partial charge in [-0.25, -0.2) is 17.2 Å². The van der Waals surface area contributed by atoms with Gasteiger partial charge in [-0.2, -0.15) is 4.31 Å². The number of nitrogens with zero attached hydrogens (tertiary/aromatic N) is 2. The van der Waals surface area contributed by atoms with E-state index in [4.69, 9.17) is 4.74 Å². The summed E-state index contributed by atoms with van der Waals surface area (Å²) in [5, 5.41) is 0. The molecular weight excluding hydrogens is 414 g/mol. The summed E-state index contributed by atoms with van der Waals surface area (Å²) in [6, 6.07) is 2.46. The standard InChI is InChI=1S/C21H28F2N2O4S/c22-17-3-4-19(18(23)15-17)30(27,28)25-10-5-16(6-11-25)20(26)24-12-8-21(9-13-24)7-1-2-14-29-21/h3-4,15-16H,1-2,5-14H2. The van der Waals surface area contributed by atoms with Crippen LogP contribution in [0.15, 0.2) is 23.1 Å². The van der Waals surface area contributed by atoms with Crippen LogP contribution >= 0.6 is 0 Å². The molecule has 166 valence electrons. The first kappa shape index (κ1) is 21.6. The van der Waals surface area contributed by atoms with Crippen LogP contribution in [-0.2, 0) is 19.6 Å². The van der Waals surface area contributed by atoms with Crippen molar-refractivity contribution < 1.29 is 26.7 Å². The third-order valence-corrected chi connectivity index (χ3v) is 8.67. The minimum atomic E-state index is -4.05. The molecule has 1 aromatic carbocycles. The van der Waals surface area contributed by atoms with Gasteiger partial charge < -0.3 is 9.64 Å². The van der Waals surface area contributed by atoms with Crippen molar-refractivity contribution in [2.24, 2.45) is 5.92 Å². The summed E-state index contributed by atoms with van der Waals surface area (Å²) < 4.78 is 59.8. The maximum absolute atomic E-state index is 14.0. The van der Waals surface area contributed by atoms with E-state index in [0.29, 0.717) is 32.0 Å². The van der Waals surface area contributed by atoms with Crippen molar-refractivity contribution in [3.8, 4) is 0 Å². The Morgan fingerprint density at radius 3 is 2.33 bits per heavy atom. The lowest BCUT2D eigenvalue weighted by Gasteiger charge is -2.45. The number of carbonyl (C=O) groups is 1. The highest BCUT2D eigenvalue weighted by molar-refractivity contribution is 7.89. The molecule has 0 atom stereocenters. The van der Waals surface area contributed by atoms with Crippen LogP contribution in [-0.4, -0.2) is 61.9 Å². The van der Waals surface area contributed by atoms with Crippen LogP contribution in [0.5, 0.6) is 0 Å². The third kappa shape index (κ3) is 4.24. The molecule has 0 unspecified atom stereocenters. The Morgan fingerprint density at radius 1 is 1.03 bits per heavy atom. The van der Waals surface area contributed by atoms with Gasteiger partial charge in [0.2, 0.25) is 15.9 Å². The van der Waals surface area contributed by atoms with Gasteiger partial charge >= 0.3 is 0 Å². The van der Waals surface area contributed by atoms with Crippen LogP contribution in [0.4, 0.5) is 8.78 Å². The molecule has 3 fully saturated rings. The quantitative estimate of drug-likeness (QED) is 0.722. The van der Waals surface area contributed by atoms with Gasteiger partial charge in [-0.15, -0.1) is 0 Å². The molecule has 3 saturated heterocycles. The normalized spacial score (nSPS) is 23.6. The van der Waals surface area contributed by atoms with Crippen LogP contribution in [0, 0.1) is 17.6 Å². The molecule has 1 aromatic rings. The topological polar surface area (TPSA) is 66.9 Å². The monoisotopic (exact) mass is 442 g/mol. The molecule has 0 N–H and O–H groups in total. The van der Waals surface area contributed by atoms with Gasteiger partial charge in [0, 0.05) is 44.8 Å². The summed E-state index contributed by atoms with van der Waals surface area (Å²) in [4.78, 5) is 14.3. The van der Waals surface area contributed by atoms with E-state index < -0.39 is 26.6 Å². The summed E-state index contributed by atoms with van der Waals surface area (Å²) in [5.41, 5.74) is -0.0638. The van der Waals surface area contributed by atoms with Gasteiger partial charge in [0.05, 0.1) is 5.60 Å². The Balaban J connectivity index is 1.33. The first-order valence-electron chi connectivity index (χ1n) is 10.7. The van der Waals surface area contributed by atoms with E-state index in [1.165, 1.54) is 10.7 Å². The van der Waals surface area contributed by atoms with Gasteiger partial charge in [-0.3, -0.25) is 4.79 Å². The van der Waals surface area contributed by atoms with Crippen molar-refractivity contribution in [1.29, 1.82) is 0 Å². The minimum absolute atomic E-state index is 0.0638. The molecular formula is C21H28F2N2O4S. The summed E-state index contributed by atoms with van der Waals surface area (Å²) in [5.74, 6) is -2.07. The molecule has 9 heteroatoms. The van der Waals surface area contributed by atoms with Crippen LogP contribution in [0.1, 0.15) is 44.9 Å². The minimum Gasteiger partial charge on any atom is -0.375 e. The van der Waals surface area contributed by atoms with E-state index in [1.54, 1.807) is 0 Å². The van der Waals surface area contributed by atoms with Crippen molar-refractivity contribution in [2.45, 2.75) is 55.4 Å². The number of hydrogen-bond donors (Lipinski definition) is 0. The fourth-order valence-electron chi connectivity index (χ4n) is 4.86. The molecule has 1 amide bonds. The number of rotatable bonds is 3.